The summed E-state index contributed by atoms with van der Waals surface area (Å²) in [6, 6.07) is 3.65. The molecule has 0 aliphatic carbocycles. The lowest BCUT2D eigenvalue weighted by Crippen LogP contribution is -2.12. The molecular formula is C11H8ClF3N2S. The second kappa shape index (κ2) is 4.44. The molecule has 1 heterocycles. The van der Waals surface area contributed by atoms with E-state index in [0.717, 1.165) is 6.07 Å². The Kier molecular flexibility index (Phi) is 3.25. The van der Waals surface area contributed by atoms with Gasteiger partial charge in [-0.3, -0.25) is 4.57 Å². The third kappa shape index (κ3) is 2.18. The van der Waals surface area contributed by atoms with Crippen LogP contribution in [-0.2, 0) is 6.18 Å². The van der Waals surface area contributed by atoms with Crippen molar-refractivity contribution in [2.75, 3.05) is 0 Å². The zero-order chi connectivity index (χ0) is 13.5. The number of nitrogens with one attached hydrogen (secondary N) is 1. The molecule has 2 rings (SSSR count). The Morgan fingerprint density at radius 2 is 2.00 bits per heavy atom. The SMILES string of the molecule is Cc1c[nH]c(=S)n1-c1c(Cl)cccc1C(F)(F)F. The predicted octanol–water partition coefficient (Wildman–Crippen LogP) is 4.52. The summed E-state index contributed by atoms with van der Waals surface area (Å²) in [6.07, 6.45) is -2.95. The molecule has 7 heteroatoms. The van der Waals surface area contributed by atoms with E-state index < -0.39 is 11.7 Å². The highest BCUT2D eigenvalue weighted by Gasteiger charge is 2.35. The van der Waals surface area contributed by atoms with Gasteiger partial charge in [0.15, 0.2) is 4.77 Å². The van der Waals surface area contributed by atoms with Crippen LogP contribution >= 0.6 is 23.8 Å². The van der Waals surface area contributed by atoms with E-state index in [-0.39, 0.29) is 15.5 Å². The van der Waals surface area contributed by atoms with E-state index in [1.807, 2.05) is 0 Å². The van der Waals surface area contributed by atoms with Gasteiger partial charge in [-0.25, -0.2) is 0 Å². The smallest absolute Gasteiger partial charge is 0.337 e. The van der Waals surface area contributed by atoms with E-state index in [9.17, 15) is 13.2 Å². The van der Waals surface area contributed by atoms with E-state index >= 15 is 0 Å². The first-order valence-electron chi connectivity index (χ1n) is 4.95. The number of alkyl halides is 3. The second-order valence-corrected chi connectivity index (χ2v) is 4.50. The number of H-pyrrole nitrogens is 1. The molecule has 0 atom stereocenters. The van der Waals surface area contributed by atoms with Gasteiger partial charge in [0.05, 0.1) is 16.3 Å². The molecule has 2 nitrogen and oxygen atoms in total. The van der Waals surface area contributed by atoms with Gasteiger partial charge in [-0.05, 0) is 31.3 Å². The Morgan fingerprint density at radius 1 is 1.33 bits per heavy atom. The van der Waals surface area contributed by atoms with Crippen LogP contribution in [0, 0.1) is 11.7 Å². The molecule has 0 spiro atoms. The van der Waals surface area contributed by atoms with E-state index in [0.29, 0.717) is 5.69 Å². The number of aromatic nitrogens is 2. The molecule has 1 N–H and O–H groups in total. The van der Waals surface area contributed by atoms with Gasteiger partial charge < -0.3 is 4.98 Å². The van der Waals surface area contributed by atoms with Crippen LogP contribution in [0.4, 0.5) is 13.2 Å². The number of imidazole rings is 1. The van der Waals surface area contributed by atoms with Crippen molar-refractivity contribution in [2.45, 2.75) is 13.1 Å². The molecule has 0 amide bonds. The number of benzene rings is 1. The first kappa shape index (κ1) is 13.2. The number of para-hydroxylation sites is 1. The number of hydrogen-bond donors (Lipinski definition) is 1. The summed E-state index contributed by atoms with van der Waals surface area (Å²) in [5.74, 6) is 0. The monoisotopic (exact) mass is 292 g/mol. The fourth-order valence-electron chi connectivity index (χ4n) is 1.70. The minimum atomic E-state index is -4.49. The zero-order valence-corrected chi connectivity index (χ0v) is 10.7. The number of halogens is 4. The largest absolute Gasteiger partial charge is 0.418 e. The van der Waals surface area contributed by atoms with Gasteiger partial charge in [0.1, 0.15) is 0 Å². The lowest BCUT2D eigenvalue weighted by molar-refractivity contribution is -0.137. The summed E-state index contributed by atoms with van der Waals surface area (Å²) in [5, 5.41) is 0.00336. The minimum Gasteiger partial charge on any atom is -0.337 e. The highest BCUT2D eigenvalue weighted by atomic mass is 35.5. The number of nitrogens with zero attached hydrogens (tertiary/aromatic N) is 1. The third-order valence-corrected chi connectivity index (χ3v) is 3.08. The molecule has 18 heavy (non-hydrogen) atoms. The van der Waals surface area contributed by atoms with Crippen LogP contribution < -0.4 is 0 Å². The summed E-state index contributed by atoms with van der Waals surface area (Å²) in [4.78, 5) is 2.69. The second-order valence-electron chi connectivity index (χ2n) is 3.70. The summed E-state index contributed by atoms with van der Waals surface area (Å²) in [7, 11) is 0. The fraction of sp³-hybridized carbons (Fsp3) is 0.182. The van der Waals surface area contributed by atoms with Crippen molar-refractivity contribution in [1.82, 2.24) is 9.55 Å². The van der Waals surface area contributed by atoms with Crippen LogP contribution in [0.3, 0.4) is 0 Å². The standard InChI is InChI=1S/C11H8ClF3N2S/c1-6-5-16-10(18)17(6)9-7(11(13,14)15)3-2-4-8(9)12/h2-5H,1H3,(H,16,18). The first-order valence-corrected chi connectivity index (χ1v) is 5.74. The molecule has 1 aromatic heterocycles. The summed E-state index contributed by atoms with van der Waals surface area (Å²) in [6.45, 7) is 1.65. The topological polar surface area (TPSA) is 20.7 Å². The van der Waals surface area contributed by atoms with Crippen LogP contribution in [0.1, 0.15) is 11.3 Å². The van der Waals surface area contributed by atoms with Gasteiger partial charge in [0, 0.05) is 11.9 Å². The Morgan fingerprint density at radius 3 is 2.50 bits per heavy atom. The van der Waals surface area contributed by atoms with Crippen LogP contribution in [-0.4, -0.2) is 9.55 Å². The molecule has 1 aromatic carbocycles. The van der Waals surface area contributed by atoms with Crippen molar-refractivity contribution >= 4 is 23.8 Å². The number of aromatic amines is 1. The number of aryl methyl sites for hydroxylation is 1. The summed E-state index contributed by atoms with van der Waals surface area (Å²) < 4.78 is 40.4. The van der Waals surface area contributed by atoms with Gasteiger partial charge in [-0.2, -0.15) is 13.2 Å². The van der Waals surface area contributed by atoms with E-state index in [1.165, 1.54) is 22.9 Å². The molecule has 0 aliphatic heterocycles. The van der Waals surface area contributed by atoms with Crippen LogP contribution in [0.25, 0.3) is 5.69 Å². The van der Waals surface area contributed by atoms with Crippen molar-refractivity contribution < 1.29 is 13.2 Å². The summed E-state index contributed by atoms with van der Waals surface area (Å²) >= 11 is 10.9. The molecule has 0 saturated carbocycles. The van der Waals surface area contributed by atoms with Crippen LogP contribution in [0.2, 0.25) is 5.02 Å². The van der Waals surface area contributed by atoms with Crippen LogP contribution in [0.15, 0.2) is 24.4 Å². The summed E-state index contributed by atoms with van der Waals surface area (Å²) in [5.41, 5.74) is -0.400. The fourth-order valence-corrected chi connectivity index (χ4v) is 2.26. The molecule has 0 saturated heterocycles. The lowest BCUT2D eigenvalue weighted by Gasteiger charge is -2.16. The van der Waals surface area contributed by atoms with Crippen molar-refractivity contribution in [3.8, 4) is 5.69 Å². The van der Waals surface area contributed by atoms with Gasteiger partial charge >= 0.3 is 6.18 Å². The van der Waals surface area contributed by atoms with Crippen molar-refractivity contribution in [1.29, 1.82) is 0 Å². The molecule has 0 bridgehead atoms. The highest BCUT2D eigenvalue weighted by molar-refractivity contribution is 7.71. The van der Waals surface area contributed by atoms with Crippen LogP contribution in [0.5, 0.6) is 0 Å². The Hall–Kier alpha value is -1.27. The van der Waals surface area contributed by atoms with Crippen molar-refractivity contribution in [3.63, 3.8) is 0 Å². The van der Waals surface area contributed by atoms with Gasteiger partial charge in [0.25, 0.3) is 0 Å². The van der Waals surface area contributed by atoms with Gasteiger partial charge in [-0.1, -0.05) is 17.7 Å². The van der Waals surface area contributed by atoms with Crippen molar-refractivity contribution in [2.24, 2.45) is 0 Å². The molecule has 0 fully saturated rings. The molecule has 0 aliphatic rings. The minimum absolute atomic E-state index is 0.00336. The average Bonchev–Trinajstić information content (AvgIpc) is 2.58. The molecule has 96 valence electrons. The Labute approximate surface area is 111 Å². The Bertz CT molecular complexity index is 642. The van der Waals surface area contributed by atoms with Gasteiger partial charge in [0.2, 0.25) is 0 Å². The number of rotatable bonds is 1. The van der Waals surface area contributed by atoms with E-state index in [1.54, 1.807) is 6.92 Å². The predicted molar refractivity (Wildman–Crippen MR) is 65.7 cm³/mol. The highest BCUT2D eigenvalue weighted by Crippen LogP contribution is 2.37. The molecule has 2 aromatic rings. The normalized spacial score (nSPS) is 11.8. The zero-order valence-electron chi connectivity index (χ0n) is 9.18. The lowest BCUT2D eigenvalue weighted by atomic mass is 10.1. The maximum atomic E-state index is 13.0. The van der Waals surface area contributed by atoms with E-state index in [4.69, 9.17) is 23.8 Å². The van der Waals surface area contributed by atoms with Crippen molar-refractivity contribution in [3.05, 3.63) is 45.4 Å². The quantitative estimate of drug-likeness (QED) is 0.767. The molecule has 0 unspecified atom stereocenters. The first-order chi connectivity index (χ1) is 8.32. The molecule has 0 radical (unpaired) electrons. The van der Waals surface area contributed by atoms with Gasteiger partial charge in [-0.15, -0.1) is 0 Å². The number of hydrogen-bond acceptors (Lipinski definition) is 1. The maximum Gasteiger partial charge on any atom is 0.418 e. The average molecular weight is 293 g/mol. The van der Waals surface area contributed by atoms with E-state index in [2.05, 4.69) is 4.98 Å². The Balaban J connectivity index is 2.83. The maximum absolute atomic E-state index is 13.0. The third-order valence-electron chi connectivity index (χ3n) is 2.48. The molecular weight excluding hydrogens is 285 g/mol.